The number of hydrogen-bond donors (Lipinski definition) is 2. The molecule has 3 aliphatic heterocycles. The number of nitrogens with zero attached hydrogens (tertiary/aromatic N) is 7. The molecule has 3 aromatic rings. The molecule has 3 saturated heterocycles. The Morgan fingerprint density at radius 2 is 1.81 bits per heavy atom. The number of amides is 3. The second kappa shape index (κ2) is 17.2. The molecule has 0 aliphatic carbocycles. The van der Waals surface area contributed by atoms with Gasteiger partial charge in [-0.2, -0.15) is 18.2 Å². The van der Waals surface area contributed by atoms with E-state index in [2.05, 4.69) is 73.0 Å². The molecule has 2 aromatic heterocycles. The van der Waals surface area contributed by atoms with Gasteiger partial charge in [0, 0.05) is 69.1 Å². The van der Waals surface area contributed by atoms with E-state index < -0.39 is 12.1 Å². The summed E-state index contributed by atoms with van der Waals surface area (Å²) in [5, 5.41) is 17.3. The van der Waals surface area contributed by atoms with Gasteiger partial charge in [-0.3, -0.25) is 14.6 Å². The Kier molecular flexibility index (Phi) is 12.9. The Hall–Kier alpha value is -4.09. The summed E-state index contributed by atoms with van der Waals surface area (Å²) in [6.45, 7) is 17.7. The van der Waals surface area contributed by atoms with Gasteiger partial charge in [-0.05, 0) is 57.7 Å². The molecule has 3 fully saturated rings. The maximum atomic E-state index is 12.7. The topological polar surface area (TPSA) is 155 Å². The van der Waals surface area contributed by atoms with Gasteiger partial charge in [0.05, 0.1) is 18.6 Å². The average Bonchev–Trinajstić information content (AvgIpc) is 3.88. The van der Waals surface area contributed by atoms with Crippen molar-refractivity contribution in [3.63, 3.8) is 0 Å². The number of ether oxygens (including phenoxy) is 1. The molecule has 2 N–H and O–H groups in total. The van der Waals surface area contributed by atoms with Crippen LogP contribution in [0.15, 0.2) is 33.2 Å². The molecule has 286 valence electrons. The molecule has 3 amide bonds. The van der Waals surface area contributed by atoms with Gasteiger partial charge < -0.3 is 29.2 Å². The molecule has 6 rings (SSSR count). The van der Waals surface area contributed by atoms with Crippen molar-refractivity contribution in [2.24, 2.45) is 11.8 Å². The number of piperidine rings is 1. The number of likely N-dealkylation sites (tertiary alicyclic amines) is 1. The fraction of sp³-hybridized carbons (Fsp3) is 0.657. The van der Waals surface area contributed by atoms with Crippen molar-refractivity contribution in [2.75, 3.05) is 44.6 Å². The lowest BCUT2D eigenvalue weighted by Gasteiger charge is -2.43. The average molecular weight is 734 g/mol. The highest BCUT2D eigenvalue weighted by molar-refractivity contribution is 5.90. The fourth-order valence-electron chi connectivity index (χ4n) is 6.99. The number of halogens is 3. The van der Waals surface area contributed by atoms with E-state index in [-0.39, 0.29) is 47.9 Å². The number of aromatic nitrogens is 4. The van der Waals surface area contributed by atoms with Gasteiger partial charge in [-0.15, -0.1) is 10.2 Å². The van der Waals surface area contributed by atoms with Crippen molar-refractivity contribution in [3.8, 4) is 11.4 Å². The van der Waals surface area contributed by atoms with Crippen molar-refractivity contribution in [3.05, 3.63) is 41.9 Å². The van der Waals surface area contributed by atoms with Crippen LogP contribution in [0.5, 0.6) is 0 Å². The number of carbonyl (C=O) groups excluding carboxylic acids is 2. The first kappa shape index (κ1) is 39.1. The minimum absolute atomic E-state index is 0.00407. The highest BCUT2D eigenvalue weighted by Crippen LogP contribution is 2.30. The molecular weight excluding hydrogens is 683 g/mol. The van der Waals surface area contributed by atoms with Crippen molar-refractivity contribution in [2.45, 2.75) is 97.8 Å². The maximum absolute atomic E-state index is 12.7. The van der Waals surface area contributed by atoms with E-state index >= 15 is 0 Å². The third-order valence-corrected chi connectivity index (χ3v) is 9.81. The number of benzene rings is 1. The molecule has 17 heteroatoms. The van der Waals surface area contributed by atoms with Crippen LogP contribution in [-0.4, -0.2) is 111 Å². The van der Waals surface area contributed by atoms with Gasteiger partial charge in [0.1, 0.15) is 0 Å². The number of hydrogen-bond acceptors (Lipinski definition) is 11. The van der Waals surface area contributed by atoms with Crippen molar-refractivity contribution < 1.29 is 36.4 Å². The predicted octanol–water partition coefficient (Wildman–Crippen LogP) is 5.22. The molecule has 4 atom stereocenters. The summed E-state index contributed by atoms with van der Waals surface area (Å²) in [6, 6.07) is 6.62. The predicted molar refractivity (Wildman–Crippen MR) is 185 cm³/mol. The van der Waals surface area contributed by atoms with Crippen molar-refractivity contribution in [1.82, 2.24) is 40.4 Å². The lowest BCUT2D eigenvalue weighted by atomic mass is 9.91. The number of aryl methyl sites for hydroxylation is 1. The summed E-state index contributed by atoms with van der Waals surface area (Å²) in [5.74, 6) is 0.212. The van der Waals surface area contributed by atoms with Crippen LogP contribution in [0.2, 0.25) is 0 Å². The second-order valence-electron chi connectivity index (χ2n) is 14.1. The van der Waals surface area contributed by atoms with Gasteiger partial charge in [-0.1, -0.05) is 38.1 Å². The largest absolute Gasteiger partial charge is 0.471 e. The van der Waals surface area contributed by atoms with Crippen molar-refractivity contribution >= 4 is 17.6 Å². The molecule has 0 radical (unpaired) electrons. The highest BCUT2D eigenvalue weighted by atomic mass is 19.4. The Labute approximate surface area is 301 Å². The van der Waals surface area contributed by atoms with E-state index in [1.807, 2.05) is 6.92 Å². The van der Waals surface area contributed by atoms with Gasteiger partial charge >= 0.3 is 18.1 Å². The molecule has 3 aliphatic rings. The molecule has 0 bridgehead atoms. The third kappa shape index (κ3) is 10.1. The Balaban J connectivity index is 0.000000203. The number of nitrogens with one attached hydrogen (secondary N) is 2. The summed E-state index contributed by atoms with van der Waals surface area (Å²) in [7, 11) is 0. The third-order valence-electron chi connectivity index (χ3n) is 9.81. The van der Waals surface area contributed by atoms with E-state index in [0.717, 1.165) is 45.4 Å². The molecule has 0 spiro atoms. The van der Waals surface area contributed by atoms with E-state index in [9.17, 15) is 22.8 Å². The summed E-state index contributed by atoms with van der Waals surface area (Å²) in [5.41, 5.74) is 0.757. The number of likely N-dealkylation sites (N-methyl/N-ethyl adjacent to an activating group) is 1. The fourth-order valence-corrected chi connectivity index (χ4v) is 6.99. The van der Waals surface area contributed by atoms with E-state index in [4.69, 9.17) is 9.15 Å². The first-order chi connectivity index (χ1) is 24.7. The minimum atomic E-state index is -4.70. The van der Waals surface area contributed by atoms with E-state index in [1.54, 1.807) is 30.0 Å². The number of anilines is 1. The second-order valence-corrected chi connectivity index (χ2v) is 14.1. The van der Waals surface area contributed by atoms with Crippen LogP contribution < -0.4 is 10.6 Å². The summed E-state index contributed by atoms with van der Waals surface area (Å²) in [4.78, 5) is 35.0. The van der Waals surface area contributed by atoms with Crippen LogP contribution >= 0.6 is 0 Å². The lowest BCUT2D eigenvalue weighted by molar-refractivity contribution is -0.159. The zero-order valence-corrected chi connectivity index (χ0v) is 30.7. The molecule has 52 heavy (non-hydrogen) atoms. The Morgan fingerprint density at radius 1 is 1.06 bits per heavy atom. The van der Waals surface area contributed by atoms with Crippen LogP contribution in [0.3, 0.4) is 0 Å². The van der Waals surface area contributed by atoms with Crippen LogP contribution in [0.1, 0.15) is 71.6 Å². The molecule has 0 saturated carbocycles. The SMILES string of the molecule is CCN1C[C@@H](C)N(C(=O)Nc2cccc(-c3noc(C(F)(F)F)n3)c2)C[C@H]1C.Cc1nnc(CN2CCC(NC(=O)[C@@H]3CCOC3C(C)C)CC2)o1. The molecule has 14 nitrogen and oxygen atoms in total. The number of alkyl halides is 3. The Morgan fingerprint density at radius 3 is 2.44 bits per heavy atom. The molecule has 1 aromatic carbocycles. The smallest absolute Gasteiger partial charge is 0.424 e. The van der Waals surface area contributed by atoms with Crippen LogP contribution in [0.4, 0.5) is 23.7 Å². The first-order valence-corrected chi connectivity index (χ1v) is 18.0. The monoisotopic (exact) mass is 733 g/mol. The number of urea groups is 1. The molecule has 5 heterocycles. The van der Waals surface area contributed by atoms with E-state index in [0.29, 0.717) is 48.6 Å². The number of piperazine rings is 1. The van der Waals surface area contributed by atoms with Crippen molar-refractivity contribution in [1.29, 1.82) is 0 Å². The molecular formula is C35H50F3N9O5. The Bertz CT molecular complexity index is 1620. The number of rotatable bonds is 8. The zero-order chi connectivity index (χ0) is 37.6. The normalized spacial score (nSPS) is 23.4. The van der Waals surface area contributed by atoms with Gasteiger partial charge in [-0.25, -0.2) is 4.79 Å². The molecule has 1 unspecified atom stereocenters. The van der Waals surface area contributed by atoms with Gasteiger partial charge in [0.25, 0.3) is 0 Å². The number of carbonyl (C=O) groups is 2. The first-order valence-electron chi connectivity index (χ1n) is 18.0. The van der Waals surface area contributed by atoms with Crippen LogP contribution in [0, 0.1) is 18.8 Å². The quantitative estimate of drug-likeness (QED) is 0.313. The van der Waals surface area contributed by atoms with Gasteiger partial charge in [0.2, 0.25) is 23.5 Å². The zero-order valence-electron chi connectivity index (χ0n) is 30.7. The van der Waals surface area contributed by atoms with E-state index in [1.165, 1.54) is 6.07 Å². The minimum Gasteiger partial charge on any atom is -0.424 e. The maximum Gasteiger partial charge on any atom is 0.471 e. The van der Waals surface area contributed by atoms with Crippen LogP contribution in [0.25, 0.3) is 11.4 Å². The lowest BCUT2D eigenvalue weighted by Crippen LogP contribution is -2.58. The standard InChI is InChI=1S/C18H22F3N5O2.C17H28N4O3/c1-4-25-9-12(3)26(10-11(25)2)17(27)22-14-7-5-6-13(8-14)15-23-16(28-24-15)18(19,20)21;1-11(2)16-14(6-9-23-16)17(22)18-13-4-7-21(8-5-13)10-15-20-19-12(3)24-15/h5-8,11-12H,4,9-10H2,1-3H3,(H,22,27);11,13-14,16H,4-10H2,1-3H3,(H,18,22)/t11-,12-;14-,16?/m11/s1. The summed E-state index contributed by atoms with van der Waals surface area (Å²) < 4.78 is 53.3. The summed E-state index contributed by atoms with van der Waals surface area (Å²) >= 11 is 0. The van der Waals surface area contributed by atoms with Crippen LogP contribution in [-0.2, 0) is 22.3 Å². The summed E-state index contributed by atoms with van der Waals surface area (Å²) in [6.07, 6.45) is -1.89. The highest BCUT2D eigenvalue weighted by Gasteiger charge is 2.39. The van der Waals surface area contributed by atoms with Gasteiger partial charge in [0.15, 0.2) is 0 Å².